The van der Waals surface area contributed by atoms with Gasteiger partial charge in [-0.1, -0.05) is 11.6 Å². The lowest BCUT2D eigenvalue weighted by Gasteiger charge is -2.15. The number of sulfone groups is 1. The van der Waals surface area contributed by atoms with Crippen molar-refractivity contribution in [2.45, 2.75) is 23.4 Å². The summed E-state index contributed by atoms with van der Waals surface area (Å²) in [5.41, 5.74) is -0.0458. The van der Waals surface area contributed by atoms with Crippen molar-refractivity contribution in [1.29, 1.82) is 5.26 Å². The van der Waals surface area contributed by atoms with E-state index in [9.17, 15) is 26.4 Å². The van der Waals surface area contributed by atoms with E-state index in [1.165, 1.54) is 29.9 Å². The number of hydrogen-bond acceptors (Lipinski definition) is 8. The van der Waals surface area contributed by atoms with Crippen molar-refractivity contribution < 1.29 is 26.4 Å². The molecule has 0 aliphatic rings. The Hall–Kier alpha value is -3.70. The fourth-order valence-electron chi connectivity index (χ4n) is 2.69. The van der Waals surface area contributed by atoms with Crippen LogP contribution in [0, 0.1) is 11.3 Å². The monoisotopic (exact) mass is 499 g/mol. The highest BCUT2D eigenvalue weighted by Gasteiger charge is 2.47. The third-order valence-electron chi connectivity index (χ3n) is 4.23. The van der Waals surface area contributed by atoms with Gasteiger partial charge in [-0.2, -0.15) is 28.1 Å². The normalized spacial score (nSPS) is 12.7. The molecule has 0 aliphatic carbocycles. The molecule has 0 radical (unpaired) electrons. The summed E-state index contributed by atoms with van der Waals surface area (Å²) < 4.78 is 63.3. The Bertz CT molecular complexity index is 1370. The van der Waals surface area contributed by atoms with Gasteiger partial charge in [-0.3, -0.25) is 4.79 Å². The van der Waals surface area contributed by atoms with Crippen LogP contribution in [0.15, 0.2) is 41.4 Å². The molecule has 172 valence electrons. The number of pyridine rings is 1. The predicted octanol–water partition coefficient (Wildman–Crippen LogP) is 2.55. The molecule has 0 spiro atoms. The summed E-state index contributed by atoms with van der Waals surface area (Å²) in [5.74, 6) is -0.734. The third kappa shape index (κ3) is 4.89. The van der Waals surface area contributed by atoms with Crippen LogP contribution in [0.1, 0.15) is 34.7 Å². The maximum atomic E-state index is 12.9. The Kier molecular flexibility index (Phi) is 6.30. The number of carbonyl (C=O) groups excluding carboxylic acids is 1. The molecule has 0 unspecified atom stereocenters. The molecule has 0 aliphatic heterocycles. The van der Waals surface area contributed by atoms with E-state index in [4.69, 9.17) is 22.6 Å². The number of anilines is 1. The topological polar surface area (TPSA) is 157 Å². The molecule has 1 aromatic carbocycles. The van der Waals surface area contributed by atoms with E-state index in [1.54, 1.807) is 0 Å². The van der Waals surface area contributed by atoms with Crippen LogP contribution < -0.4 is 11.1 Å². The second-order valence-corrected chi connectivity index (χ2v) is 8.95. The van der Waals surface area contributed by atoms with Crippen LogP contribution in [0.5, 0.6) is 0 Å². The first-order chi connectivity index (χ1) is 15.3. The molecule has 1 atom stereocenters. The minimum atomic E-state index is -5.72. The molecule has 0 bridgehead atoms. The van der Waals surface area contributed by atoms with Gasteiger partial charge in [-0.15, -0.1) is 5.10 Å². The summed E-state index contributed by atoms with van der Waals surface area (Å²) in [7, 11) is -5.72. The molecule has 3 aromatic rings. The van der Waals surface area contributed by atoms with Crippen molar-refractivity contribution >= 4 is 33.3 Å². The number of amides is 1. The minimum Gasteiger partial charge on any atom is -0.366 e. The van der Waals surface area contributed by atoms with E-state index < -0.39 is 37.8 Å². The van der Waals surface area contributed by atoms with Gasteiger partial charge < -0.3 is 11.1 Å². The van der Waals surface area contributed by atoms with Crippen LogP contribution in [-0.2, 0) is 9.84 Å². The van der Waals surface area contributed by atoms with Crippen molar-refractivity contribution in [2.75, 3.05) is 5.73 Å². The number of rotatable bonds is 5. The molecule has 2 aromatic heterocycles. The zero-order chi connectivity index (χ0) is 24.6. The van der Waals surface area contributed by atoms with Gasteiger partial charge in [0.15, 0.2) is 11.6 Å². The number of nitrogens with two attached hydrogens (primary N) is 1. The maximum Gasteiger partial charge on any atom is 0.501 e. The highest BCUT2D eigenvalue weighted by atomic mass is 35.5. The Morgan fingerprint density at radius 2 is 2.00 bits per heavy atom. The van der Waals surface area contributed by atoms with Gasteiger partial charge in [0.05, 0.1) is 16.5 Å². The van der Waals surface area contributed by atoms with Crippen LogP contribution in [0.25, 0.3) is 5.82 Å². The molecule has 15 heteroatoms. The smallest absolute Gasteiger partial charge is 0.366 e. The van der Waals surface area contributed by atoms with Crippen molar-refractivity contribution in [3.8, 4) is 11.9 Å². The van der Waals surface area contributed by atoms with Crippen molar-refractivity contribution in [3.05, 3.63) is 58.5 Å². The van der Waals surface area contributed by atoms with E-state index in [1.807, 2.05) is 6.07 Å². The Morgan fingerprint density at radius 1 is 1.30 bits per heavy atom. The van der Waals surface area contributed by atoms with Gasteiger partial charge in [0, 0.05) is 16.8 Å². The van der Waals surface area contributed by atoms with Gasteiger partial charge in [-0.05, 0) is 37.3 Å². The molecule has 10 nitrogen and oxygen atoms in total. The first kappa shape index (κ1) is 24.0. The van der Waals surface area contributed by atoms with Gasteiger partial charge in [-0.25, -0.2) is 13.4 Å². The number of hydrogen-bond donors (Lipinski definition) is 2. The molecule has 2 heterocycles. The lowest BCUT2D eigenvalue weighted by atomic mass is 10.2. The van der Waals surface area contributed by atoms with Gasteiger partial charge in [0.2, 0.25) is 5.95 Å². The van der Waals surface area contributed by atoms with Crippen LogP contribution in [-0.4, -0.2) is 39.6 Å². The van der Waals surface area contributed by atoms with Crippen molar-refractivity contribution in [1.82, 2.24) is 25.1 Å². The molecule has 3 N–H and O–H groups in total. The van der Waals surface area contributed by atoms with Gasteiger partial charge in [0.25, 0.3) is 15.7 Å². The van der Waals surface area contributed by atoms with Crippen LogP contribution in [0.3, 0.4) is 0 Å². The fraction of sp³-hybridized carbons (Fsp3) is 0.167. The Morgan fingerprint density at radius 3 is 2.58 bits per heavy atom. The molecular formula is C18H13ClF3N7O3S. The number of nitrogen functional groups attached to an aromatic ring is 1. The van der Waals surface area contributed by atoms with Gasteiger partial charge >= 0.3 is 5.51 Å². The zero-order valence-corrected chi connectivity index (χ0v) is 18.1. The average Bonchev–Trinajstić information content (AvgIpc) is 3.14. The van der Waals surface area contributed by atoms with E-state index in [-0.39, 0.29) is 22.6 Å². The number of nitrogens with one attached hydrogen (secondary N) is 1. The van der Waals surface area contributed by atoms with Crippen LogP contribution in [0.2, 0.25) is 5.02 Å². The second kappa shape index (κ2) is 8.68. The minimum absolute atomic E-state index is 0.114. The second-order valence-electron chi connectivity index (χ2n) is 6.58. The zero-order valence-electron chi connectivity index (χ0n) is 16.5. The number of nitrogens with zero attached hydrogens (tertiary/aromatic N) is 5. The van der Waals surface area contributed by atoms with Crippen LogP contribution in [0.4, 0.5) is 19.1 Å². The average molecular weight is 500 g/mol. The first-order valence-corrected chi connectivity index (χ1v) is 10.7. The number of nitriles is 1. The molecule has 1 amide bonds. The number of halogens is 4. The summed E-state index contributed by atoms with van der Waals surface area (Å²) in [6.45, 7) is 1.49. The summed E-state index contributed by atoms with van der Waals surface area (Å²) >= 11 is 5.75. The van der Waals surface area contributed by atoms with E-state index in [2.05, 4.69) is 20.4 Å². The Labute approximate surface area is 189 Å². The first-order valence-electron chi connectivity index (χ1n) is 8.85. The highest BCUT2D eigenvalue weighted by Crippen LogP contribution is 2.32. The molecule has 3 rings (SSSR count). The molecule has 0 fully saturated rings. The quantitative estimate of drug-likeness (QED) is 0.542. The summed E-state index contributed by atoms with van der Waals surface area (Å²) in [6.07, 6.45) is 1.29. The fourth-order valence-corrected chi connectivity index (χ4v) is 3.83. The lowest BCUT2D eigenvalue weighted by Crippen LogP contribution is -2.29. The highest BCUT2D eigenvalue weighted by molar-refractivity contribution is 7.92. The molecular weight excluding hydrogens is 487 g/mol. The number of carbonyl (C=O) groups is 1. The van der Waals surface area contributed by atoms with E-state index in [0.29, 0.717) is 17.7 Å². The van der Waals surface area contributed by atoms with Crippen LogP contribution >= 0.6 is 11.6 Å². The third-order valence-corrected chi connectivity index (χ3v) is 5.91. The standard InChI is InChI=1S/C18H13ClF3N7O3S/c1-9(15-27-17(24)28-29(15)14-3-2-10(7-23)8-25-14)26-16(30)11-4-12(19)6-13(5-11)33(31,32)18(20,21)22/h2-6,8-9H,1H3,(H2,24,28)(H,26,30)/t9-/m0/s1. The SMILES string of the molecule is C[C@H](NC(=O)c1cc(Cl)cc(S(=O)(=O)C(F)(F)F)c1)c1nc(N)nn1-c1ccc(C#N)cn1. The van der Waals surface area contributed by atoms with Gasteiger partial charge in [0.1, 0.15) is 6.07 Å². The van der Waals surface area contributed by atoms with E-state index in [0.717, 1.165) is 6.07 Å². The largest absolute Gasteiger partial charge is 0.501 e. The van der Waals surface area contributed by atoms with Crippen molar-refractivity contribution in [2.24, 2.45) is 0 Å². The molecule has 0 saturated heterocycles. The summed E-state index contributed by atoms with van der Waals surface area (Å²) in [5, 5.41) is 15.0. The molecule has 0 saturated carbocycles. The predicted molar refractivity (Wildman–Crippen MR) is 109 cm³/mol. The van der Waals surface area contributed by atoms with E-state index >= 15 is 0 Å². The number of aromatic nitrogens is 4. The summed E-state index contributed by atoms with van der Waals surface area (Å²) in [6, 6.07) is 6.13. The van der Waals surface area contributed by atoms with Crippen molar-refractivity contribution in [3.63, 3.8) is 0 Å². The maximum absolute atomic E-state index is 12.9. The number of alkyl halides is 3. The molecule has 33 heavy (non-hydrogen) atoms. The Balaban J connectivity index is 1.91. The lowest BCUT2D eigenvalue weighted by molar-refractivity contribution is -0.0436. The summed E-state index contributed by atoms with van der Waals surface area (Å²) in [4.78, 5) is 19.6. The number of benzene rings is 1.